The Morgan fingerprint density at radius 2 is 2.21 bits per heavy atom. The lowest BCUT2D eigenvalue weighted by Crippen LogP contribution is -2.27. The normalized spacial score (nSPS) is 14.9. The molecule has 0 radical (unpaired) electrons. The first-order valence-electron chi connectivity index (χ1n) is 7.27. The van der Waals surface area contributed by atoms with E-state index >= 15 is 0 Å². The average molecular weight is 283 g/mol. The van der Waals surface area contributed by atoms with Gasteiger partial charge in [-0.3, -0.25) is 0 Å². The molecule has 0 bridgehead atoms. The van der Waals surface area contributed by atoms with Crippen LogP contribution < -0.4 is 10.2 Å². The van der Waals surface area contributed by atoms with Crippen LogP contribution in [0.2, 0.25) is 0 Å². The molecule has 1 N–H and O–H groups in total. The lowest BCUT2D eigenvalue weighted by atomic mass is 10.4. The minimum atomic E-state index is 0.755. The van der Waals surface area contributed by atoms with Gasteiger partial charge >= 0.3 is 0 Å². The van der Waals surface area contributed by atoms with Crippen molar-refractivity contribution in [2.75, 3.05) is 31.2 Å². The maximum atomic E-state index is 5.43. The molecule has 0 aliphatic heterocycles. The summed E-state index contributed by atoms with van der Waals surface area (Å²) in [6.07, 6.45) is 2.67. The molecule has 1 saturated carbocycles. The van der Waals surface area contributed by atoms with E-state index in [1.54, 1.807) is 0 Å². The van der Waals surface area contributed by atoms with Crippen LogP contribution in [0.25, 0.3) is 0 Å². The van der Waals surface area contributed by atoms with Crippen LogP contribution in [-0.2, 0) is 11.3 Å². The third-order valence-corrected chi connectivity index (χ3v) is 4.59. The lowest BCUT2D eigenvalue weighted by Gasteiger charge is -2.19. The maximum absolute atomic E-state index is 5.43. The van der Waals surface area contributed by atoms with Gasteiger partial charge in [0.2, 0.25) is 0 Å². The van der Waals surface area contributed by atoms with Gasteiger partial charge in [0.25, 0.3) is 0 Å². The Kier molecular flexibility index (Phi) is 5.60. The molecule has 0 atom stereocenters. The lowest BCUT2D eigenvalue weighted by molar-refractivity contribution is 0.154. The van der Waals surface area contributed by atoms with Crippen molar-refractivity contribution in [3.63, 3.8) is 0 Å². The van der Waals surface area contributed by atoms with E-state index in [-0.39, 0.29) is 0 Å². The predicted octanol–water partition coefficient (Wildman–Crippen LogP) is 2.57. The molecule has 0 spiro atoms. The zero-order valence-electron chi connectivity index (χ0n) is 12.2. The predicted molar refractivity (Wildman–Crippen MR) is 81.1 cm³/mol. The van der Waals surface area contributed by atoms with Gasteiger partial charge in [-0.1, -0.05) is 0 Å². The number of nitrogens with one attached hydrogen (secondary N) is 1. The highest BCUT2D eigenvalue weighted by atomic mass is 32.1. The number of nitrogens with zero attached hydrogens (tertiary/aromatic N) is 2. The summed E-state index contributed by atoms with van der Waals surface area (Å²) in [5.74, 6) is 0. The molecule has 0 unspecified atom stereocenters. The minimum absolute atomic E-state index is 0.755. The van der Waals surface area contributed by atoms with Crippen molar-refractivity contribution in [2.45, 2.75) is 46.2 Å². The van der Waals surface area contributed by atoms with Gasteiger partial charge in [-0.2, -0.15) is 0 Å². The Balaban J connectivity index is 1.91. The van der Waals surface area contributed by atoms with Crippen molar-refractivity contribution in [2.24, 2.45) is 0 Å². The summed E-state index contributed by atoms with van der Waals surface area (Å²) < 4.78 is 5.43. The van der Waals surface area contributed by atoms with Crippen molar-refractivity contribution in [1.29, 1.82) is 0 Å². The molecule has 19 heavy (non-hydrogen) atoms. The minimum Gasteiger partial charge on any atom is -0.380 e. The number of rotatable bonds is 9. The van der Waals surface area contributed by atoms with E-state index in [9.17, 15) is 0 Å². The zero-order chi connectivity index (χ0) is 13.7. The average Bonchev–Trinajstić information content (AvgIpc) is 3.16. The SMILES string of the molecule is CCOCCN(CC)c1nc(C)c(CNC2CC2)s1. The summed E-state index contributed by atoms with van der Waals surface area (Å²) in [6.45, 7) is 10.7. The largest absolute Gasteiger partial charge is 0.380 e. The van der Waals surface area contributed by atoms with Crippen LogP contribution in [0.15, 0.2) is 0 Å². The number of aryl methyl sites for hydroxylation is 1. The van der Waals surface area contributed by atoms with Gasteiger partial charge in [0, 0.05) is 37.2 Å². The summed E-state index contributed by atoms with van der Waals surface area (Å²) in [7, 11) is 0. The third-order valence-electron chi connectivity index (χ3n) is 3.37. The molecule has 0 amide bonds. The van der Waals surface area contributed by atoms with Crippen LogP contribution in [0.3, 0.4) is 0 Å². The van der Waals surface area contributed by atoms with Crippen molar-refractivity contribution in [1.82, 2.24) is 10.3 Å². The van der Waals surface area contributed by atoms with Gasteiger partial charge in [-0.15, -0.1) is 11.3 Å². The Bertz CT molecular complexity index is 390. The van der Waals surface area contributed by atoms with E-state index in [1.165, 1.54) is 23.4 Å². The van der Waals surface area contributed by atoms with Gasteiger partial charge in [0.15, 0.2) is 5.13 Å². The molecule has 1 aromatic rings. The molecule has 5 heteroatoms. The van der Waals surface area contributed by atoms with E-state index in [2.05, 4.69) is 24.1 Å². The van der Waals surface area contributed by atoms with Crippen molar-refractivity contribution >= 4 is 16.5 Å². The second kappa shape index (κ2) is 7.22. The van der Waals surface area contributed by atoms with Crippen LogP contribution >= 0.6 is 11.3 Å². The molecule has 2 rings (SSSR count). The van der Waals surface area contributed by atoms with Crippen LogP contribution in [0.5, 0.6) is 0 Å². The highest BCUT2D eigenvalue weighted by molar-refractivity contribution is 7.15. The van der Waals surface area contributed by atoms with E-state index in [1.807, 2.05) is 18.3 Å². The molecule has 0 saturated heterocycles. The number of hydrogen-bond donors (Lipinski definition) is 1. The highest BCUT2D eigenvalue weighted by Crippen LogP contribution is 2.27. The van der Waals surface area contributed by atoms with Gasteiger partial charge < -0.3 is 15.0 Å². The highest BCUT2D eigenvalue weighted by Gasteiger charge is 2.21. The first-order valence-corrected chi connectivity index (χ1v) is 8.08. The first-order chi connectivity index (χ1) is 9.24. The quantitative estimate of drug-likeness (QED) is 0.707. The fraction of sp³-hybridized carbons (Fsp3) is 0.786. The first kappa shape index (κ1) is 14.8. The number of likely N-dealkylation sites (N-methyl/N-ethyl adjacent to an activating group) is 1. The smallest absolute Gasteiger partial charge is 0.185 e. The van der Waals surface area contributed by atoms with E-state index < -0.39 is 0 Å². The molecule has 0 aromatic carbocycles. The second-order valence-corrected chi connectivity index (χ2v) is 6.00. The topological polar surface area (TPSA) is 37.4 Å². The number of anilines is 1. The fourth-order valence-corrected chi connectivity index (χ4v) is 3.05. The number of thiazole rings is 1. The molecule has 1 aromatic heterocycles. The van der Waals surface area contributed by atoms with Crippen molar-refractivity contribution in [3.8, 4) is 0 Å². The van der Waals surface area contributed by atoms with Gasteiger partial charge in [-0.05, 0) is 33.6 Å². The van der Waals surface area contributed by atoms with Gasteiger partial charge in [0.05, 0.1) is 12.3 Å². The Labute approximate surface area is 120 Å². The standard InChI is InChI=1S/C14H25N3OS/c1-4-17(8-9-18-5-2)14-16-11(3)13(19-14)10-15-12-6-7-12/h12,15H,4-10H2,1-3H3. The Hall–Kier alpha value is -0.650. The summed E-state index contributed by atoms with van der Waals surface area (Å²) in [6, 6.07) is 0.755. The number of ether oxygens (including phenoxy) is 1. The van der Waals surface area contributed by atoms with Crippen LogP contribution in [0.1, 0.15) is 37.3 Å². The summed E-state index contributed by atoms with van der Waals surface area (Å²) in [5, 5.41) is 4.70. The van der Waals surface area contributed by atoms with Gasteiger partial charge in [-0.25, -0.2) is 4.98 Å². The molecular weight excluding hydrogens is 258 g/mol. The molecule has 1 fully saturated rings. The van der Waals surface area contributed by atoms with Crippen molar-refractivity contribution < 1.29 is 4.74 Å². The molecular formula is C14H25N3OS. The fourth-order valence-electron chi connectivity index (χ4n) is 1.94. The van der Waals surface area contributed by atoms with E-state index in [0.717, 1.165) is 44.0 Å². The van der Waals surface area contributed by atoms with E-state index in [0.29, 0.717) is 0 Å². The number of hydrogen-bond acceptors (Lipinski definition) is 5. The summed E-state index contributed by atoms with van der Waals surface area (Å²) in [5.41, 5.74) is 1.17. The van der Waals surface area contributed by atoms with Crippen LogP contribution in [0.4, 0.5) is 5.13 Å². The van der Waals surface area contributed by atoms with Gasteiger partial charge in [0.1, 0.15) is 0 Å². The second-order valence-electron chi connectivity index (χ2n) is 4.94. The molecule has 108 valence electrons. The van der Waals surface area contributed by atoms with Crippen LogP contribution in [-0.4, -0.2) is 37.3 Å². The molecule has 1 heterocycles. The van der Waals surface area contributed by atoms with E-state index in [4.69, 9.17) is 9.72 Å². The monoisotopic (exact) mass is 283 g/mol. The zero-order valence-corrected chi connectivity index (χ0v) is 13.1. The van der Waals surface area contributed by atoms with Crippen molar-refractivity contribution in [3.05, 3.63) is 10.6 Å². The molecule has 1 aliphatic rings. The third kappa shape index (κ3) is 4.44. The maximum Gasteiger partial charge on any atom is 0.185 e. The van der Waals surface area contributed by atoms with Crippen LogP contribution in [0, 0.1) is 6.92 Å². The summed E-state index contributed by atoms with van der Waals surface area (Å²) in [4.78, 5) is 8.38. The Morgan fingerprint density at radius 1 is 1.42 bits per heavy atom. The molecule has 4 nitrogen and oxygen atoms in total. The molecule has 1 aliphatic carbocycles. The number of aromatic nitrogens is 1. The Morgan fingerprint density at radius 3 is 2.84 bits per heavy atom. The summed E-state index contributed by atoms with van der Waals surface area (Å²) >= 11 is 1.82.